The lowest BCUT2D eigenvalue weighted by molar-refractivity contribution is -0.308. The molecule has 0 saturated carbocycles. The fourth-order valence-electron chi connectivity index (χ4n) is 6.00. The molecule has 14 atom stereocenters. The van der Waals surface area contributed by atoms with Gasteiger partial charge in [0.15, 0.2) is 12.1 Å². The summed E-state index contributed by atoms with van der Waals surface area (Å²) in [5.74, 6) is -5.28. The monoisotopic (exact) mass is 723 g/mol. The van der Waals surface area contributed by atoms with Crippen LogP contribution in [0.1, 0.15) is 59.8 Å². The van der Waals surface area contributed by atoms with Crippen molar-refractivity contribution in [2.75, 3.05) is 0 Å². The van der Waals surface area contributed by atoms with Crippen LogP contribution < -0.4 is 5.73 Å². The minimum atomic E-state index is -2.10. The topological polar surface area (TPSA) is 248 Å². The molecule has 0 amide bonds. The van der Waals surface area contributed by atoms with Crippen LogP contribution in [-0.2, 0) is 38.1 Å². The molecule has 4 aliphatic rings. The molecule has 4 rings (SSSR count). The third-order valence-corrected chi connectivity index (χ3v) is 8.58. The van der Waals surface area contributed by atoms with Crippen LogP contribution in [0.2, 0.25) is 0 Å². The van der Waals surface area contributed by atoms with Crippen molar-refractivity contribution in [3.05, 3.63) is 60.8 Å². The normalized spacial score (nSPS) is 44.0. The Bertz CT molecular complexity index is 1310. The van der Waals surface area contributed by atoms with E-state index >= 15 is 0 Å². The molecule has 0 spiro atoms. The van der Waals surface area contributed by atoms with Gasteiger partial charge in [0.1, 0.15) is 30.0 Å². The Morgan fingerprint density at radius 3 is 2.22 bits per heavy atom. The summed E-state index contributed by atoms with van der Waals surface area (Å²) in [6, 6.07) is -1.08. The molecular weight excluding hydrogens is 670 g/mol. The summed E-state index contributed by atoms with van der Waals surface area (Å²) < 4.78 is 28.5. The van der Waals surface area contributed by atoms with Crippen molar-refractivity contribution in [1.29, 1.82) is 0 Å². The van der Waals surface area contributed by atoms with Gasteiger partial charge in [-0.05, 0) is 33.8 Å². The number of Topliss-reactive ketones (excluding diaryl/α,β-unsaturated/α-hetero) is 1. The Morgan fingerprint density at radius 2 is 1.55 bits per heavy atom. The molecule has 15 heteroatoms. The molecule has 3 saturated heterocycles. The van der Waals surface area contributed by atoms with Crippen molar-refractivity contribution in [3.63, 3.8) is 0 Å². The number of hydrogen-bond donors (Lipinski definition) is 7. The van der Waals surface area contributed by atoms with Gasteiger partial charge < -0.3 is 64.9 Å². The van der Waals surface area contributed by atoms with E-state index in [4.69, 9.17) is 29.4 Å². The number of allylic oxidation sites excluding steroid dienone is 6. The van der Waals surface area contributed by atoms with E-state index in [1.807, 2.05) is 6.08 Å². The highest BCUT2D eigenvalue weighted by atomic mass is 16.7. The number of cyclic esters (lactones) is 1. The first-order valence-electron chi connectivity index (χ1n) is 17.1. The number of ketones is 1. The third-order valence-electron chi connectivity index (χ3n) is 8.58. The first kappa shape index (κ1) is 42.3. The summed E-state index contributed by atoms with van der Waals surface area (Å²) in [4.78, 5) is 33.9. The number of ether oxygens (including phenoxy) is 5. The fourth-order valence-corrected chi connectivity index (χ4v) is 6.00. The molecule has 15 nitrogen and oxygen atoms in total. The summed E-state index contributed by atoms with van der Waals surface area (Å²) in [7, 11) is 0. The Kier molecular flexibility index (Phi) is 16.3. The number of esters is 1. The summed E-state index contributed by atoms with van der Waals surface area (Å²) in [6.45, 7) is 6.39. The molecule has 8 N–H and O–H groups in total. The van der Waals surface area contributed by atoms with E-state index in [-0.39, 0.29) is 31.1 Å². The lowest BCUT2D eigenvalue weighted by Crippen LogP contribution is -2.61. The number of carboxylic acid groups (broad SMARTS) is 1. The molecule has 0 aromatic carbocycles. The molecular formula is C36H53NO14. The van der Waals surface area contributed by atoms with Crippen molar-refractivity contribution in [3.8, 4) is 0 Å². The van der Waals surface area contributed by atoms with E-state index in [0.717, 1.165) is 0 Å². The molecule has 2 bridgehead atoms. The van der Waals surface area contributed by atoms with Crippen LogP contribution in [0.5, 0.6) is 0 Å². The van der Waals surface area contributed by atoms with Gasteiger partial charge in [-0.1, -0.05) is 48.6 Å². The van der Waals surface area contributed by atoms with Gasteiger partial charge in [-0.3, -0.25) is 4.79 Å². The number of aliphatic carboxylic acids is 1. The maximum Gasteiger partial charge on any atom is 0.330 e. The molecule has 0 aromatic rings. The number of carboxylic acids is 1. The molecule has 0 radical (unpaired) electrons. The van der Waals surface area contributed by atoms with Crippen molar-refractivity contribution in [2.45, 2.75) is 139 Å². The Hall–Kier alpha value is -3.09. The number of aliphatic hydroxyl groups excluding tert-OH is 4. The number of carbonyl (C=O) groups excluding carboxylic acids is 2. The lowest BCUT2D eigenvalue weighted by Gasteiger charge is -2.45. The highest BCUT2D eigenvalue weighted by Crippen LogP contribution is 2.39. The average Bonchev–Trinajstić information content (AvgIpc) is 3.76. The summed E-state index contributed by atoms with van der Waals surface area (Å²) >= 11 is 0. The predicted octanol–water partition coefficient (Wildman–Crippen LogP) is 0.715. The summed E-state index contributed by atoms with van der Waals surface area (Å²) in [6.07, 6.45) is 5.25. The highest BCUT2D eigenvalue weighted by molar-refractivity contribution is 5.82. The van der Waals surface area contributed by atoms with Gasteiger partial charge in [0.05, 0.1) is 48.8 Å². The van der Waals surface area contributed by atoms with Crippen molar-refractivity contribution >= 4 is 17.7 Å². The van der Waals surface area contributed by atoms with Gasteiger partial charge in [-0.15, -0.1) is 0 Å². The zero-order valence-corrected chi connectivity index (χ0v) is 29.3. The van der Waals surface area contributed by atoms with Gasteiger partial charge in [-0.2, -0.15) is 0 Å². The van der Waals surface area contributed by atoms with Crippen LogP contribution in [0.4, 0.5) is 0 Å². The SMILES string of the molecule is CC(C)=O.C[C@@H]1C/C=C/C=C/C=C/C=C/[C@H](O[C@@H]2O[C@H](C)[C@@H](O)[C@H](N)[C@@H]2O)C[C@@H]2O[C@](O)(C[C@@H](O)C[C@H]3O[C@@H]3/C=C/C(=O)O1)C[C@H](O)[C@H]2C(=O)O. The molecule has 51 heavy (non-hydrogen) atoms. The lowest BCUT2D eigenvalue weighted by atomic mass is 9.83. The van der Waals surface area contributed by atoms with Gasteiger partial charge >= 0.3 is 11.9 Å². The quantitative estimate of drug-likeness (QED) is 0.157. The average molecular weight is 724 g/mol. The smallest absolute Gasteiger partial charge is 0.330 e. The number of aliphatic hydroxyl groups is 5. The van der Waals surface area contributed by atoms with Crippen LogP contribution >= 0.6 is 0 Å². The van der Waals surface area contributed by atoms with E-state index in [0.29, 0.717) is 6.42 Å². The molecule has 0 unspecified atom stereocenters. The molecule has 0 aromatic heterocycles. The maximum atomic E-state index is 12.3. The van der Waals surface area contributed by atoms with Crippen LogP contribution in [0.3, 0.4) is 0 Å². The zero-order chi connectivity index (χ0) is 37.9. The highest BCUT2D eigenvalue weighted by Gasteiger charge is 2.51. The summed E-state index contributed by atoms with van der Waals surface area (Å²) in [5, 5.41) is 63.9. The van der Waals surface area contributed by atoms with Crippen molar-refractivity contribution in [1.82, 2.24) is 0 Å². The molecule has 4 heterocycles. The number of fused-ring (bicyclic) bond motifs is 3. The molecule has 0 aliphatic carbocycles. The van der Waals surface area contributed by atoms with E-state index in [1.165, 1.54) is 26.0 Å². The predicted molar refractivity (Wildman–Crippen MR) is 182 cm³/mol. The van der Waals surface area contributed by atoms with E-state index in [1.54, 1.807) is 56.4 Å². The largest absolute Gasteiger partial charge is 0.481 e. The number of carbonyl (C=O) groups is 3. The molecule has 3 fully saturated rings. The van der Waals surface area contributed by atoms with E-state index in [9.17, 15) is 45.0 Å². The second-order valence-electron chi connectivity index (χ2n) is 13.5. The zero-order valence-electron chi connectivity index (χ0n) is 29.3. The number of rotatable bonds is 3. The summed E-state index contributed by atoms with van der Waals surface area (Å²) in [5.41, 5.74) is 5.98. The third kappa shape index (κ3) is 13.8. The minimum absolute atomic E-state index is 0.0789. The Labute approximate surface area is 297 Å². The van der Waals surface area contributed by atoms with Crippen molar-refractivity contribution in [2.24, 2.45) is 11.7 Å². The molecule has 4 aliphatic heterocycles. The number of hydrogen-bond acceptors (Lipinski definition) is 14. The van der Waals surface area contributed by atoms with E-state index in [2.05, 4.69) is 0 Å². The second kappa shape index (κ2) is 19.7. The molecule has 286 valence electrons. The van der Waals surface area contributed by atoms with Gasteiger partial charge in [0.2, 0.25) is 0 Å². The van der Waals surface area contributed by atoms with Crippen LogP contribution in [-0.4, -0.2) is 128 Å². The van der Waals surface area contributed by atoms with Gasteiger partial charge in [0.25, 0.3) is 0 Å². The number of nitrogens with two attached hydrogens (primary N) is 1. The first-order valence-corrected chi connectivity index (χ1v) is 17.1. The van der Waals surface area contributed by atoms with Crippen LogP contribution in [0.15, 0.2) is 60.8 Å². The van der Waals surface area contributed by atoms with Crippen LogP contribution in [0.25, 0.3) is 0 Å². The van der Waals surface area contributed by atoms with Gasteiger partial charge in [0, 0.05) is 38.2 Å². The number of epoxide rings is 1. The Morgan fingerprint density at radius 1 is 0.902 bits per heavy atom. The fraction of sp³-hybridized carbons (Fsp3) is 0.639. The first-order chi connectivity index (χ1) is 24.0. The second-order valence-corrected chi connectivity index (χ2v) is 13.5. The van der Waals surface area contributed by atoms with Crippen LogP contribution in [0, 0.1) is 5.92 Å². The standard InChI is InChI=1S/C33H47NO13.C3H6O/c1-18-10-8-6-4-3-5-7-9-11-21(45-32-30(39)28(34)29(38)19(2)44-32)15-25-27(31(40)41)22(36)17-33(42,47-25)16-20(35)14-24-23(46-24)12-13-26(37)43-18;1-3(2)4/h3-9,11-13,18-25,27-30,32,35-36,38-39,42H,10,14-17,34H2,1-2H3,(H,40,41);1-2H3/b4-3+,7-5+,8-6+,11-9+,13-12+;/t18-,19-,20+,21+,22+,23-,24-,25+,27-,28+,29-,30+,32+,33-;/m1./s1. The van der Waals surface area contributed by atoms with E-state index < -0.39 is 97.3 Å². The minimum Gasteiger partial charge on any atom is -0.481 e. The maximum absolute atomic E-state index is 12.3. The van der Waals surface area contributed by atoms with Gasteiger partial charge in [-0.25, -0.2) is 4.79 Å². The van der Waals surface area contributed by atoms with Crippen molar-refractivity contribution < 1.29 is 68.7 Å². The Balaban J connectivity index is 0.00000166.